The Kier molecular flexibility index (Phi) is 3.17. The molecule has 0 fully saturated rings. The summed E-state index contributed by atoms with van der Waals surface area (Å²) < 4.78 is 48.9. The number of nitrogens with one attached hydrogen (secondary N) is 1. The van der Waals surface area contributed by atoms with E-state index < -0.39 is 16.4 Å². The maximum atomic E-state index is 12.2. The van der Waals surface area contributed by atoms with Gasteiger partial charge in [0.15, 0.2) is 0 Å². The minimum absolute atomic E-state index is 0.155. The van der Waals surface area contributed by atoms with Crippen LogP contribution in [0.15, 0.2) is 29.2 Å². The zero-order valence-electron chi connectivity index (χ0n) is 7.37. The van der Waals surface area contributed by atoms with Gasteiger partial charge in [-0.1, -0.05) is 12.1 Å². The molecule has 1 aromatic rings. The molecule has 6 heteroatoms. The van der Waals surface area contributed by atoms with E-state index in [-0.39, 0.29) is 10.5 Å². The van der Waals surface area contributed by atoms with E-state index in [1.54, 1.807) is 0 Å². The molecule has 14 heavy (non-hydrogen) atoms. The Balaban J connectivity index is 3.19. The van der Waals surface area contributed by atoms with E-state index in [2.05, 4.69) is 4.72 Å². The van der Waals surface area contributed by atoms with E-state index in [1.807, 2.05) is 0 Å². The monoisotopic (exact) mass is 221 g/mol. The van der Waals surface area contributed by atoms with Crippen molar-refractivity contribution in [3.8, 4) is 0 Å². The molecule has 78 valence electrons. The van der Waals surface area contributed by atoms with Gasteiger partial charge in [-0.3, -0.25) is 0 Å². The van der Waals surface area contributed by atoms with Gasteiger partial charge in [0, 0.05) is 5.56 Å². The Morgan fingerprint density at radius 2 is 2.00 bits per heavy atom. The van der Waals surface area contributed by atoms with Crippen LogP contribution in [0.25, 0.3) is 0 Å². The molecule has 0 amide bonds. The lowest BCUT2D eigenvalue weighted by Crippen LogP contribution is -2.18. The molecule has 0 aliphatic rings. The standard InChI is InChI=1S/C8H9F2NO2S/c1-11-14(12,13)7-4-2-3-6(5-7)8(9)10/h2-5,8,11H,1H3. The van der Waals surface area contributed by atoms with Crippen molar-refractivity contribution in [2.75, 3.05) is 7.05 Å². The topological polar surface area (TPSA) is 46.2 Å². The second kappa shape index (κ2) is 4.02. The van der Waals surface area contributed by atoms with E-state index in [4.69, 9.17) is 0 Å². The smallest absolute Gasteiger partial charge is 0.214 e. The van der Waals surface area contributed by atoms with Gasteiger partial charge in [0.2, 0.25) is 10.0 Å². The molecule has 0 heterocycles. The summed E-state index contributed by atoms with van der Waals surface area (Å²) in [5.74, 6) is 0. The summed E-state index contributed by atoms with van der Waals surface area (Å²) in [7, 11) is -2.41. The highest BCUT2D eigenvalue weighted by molar-refractivity contribution is 7.89. The maximum absolute atomic E-state index is 12.2. The maximum Gasteiger partial charge on any atom is 0.263 e. The van der Waals surface area contributed by atoms with E-state index in [9.17, 15) is 17.2 Å². The van der Waals surface area contributed by atoms with Crippen molar-refractivity contribution in [2.45, 2.75) is 11.3 Å². The Labute approximate surface area is 80.8 Å². The van der Waals surface area contributed by atoms with Crippen molar-refractivity contribution in [2.24, 2.45) is 0 Å². The first-order valence-electron chi connectivity index (χ1n) is 3.79. The van der Waals surface area contributed by atoms with Crippen LogP contribution in [0.3, 0.4) is 0 Å². The lowest BCUT2D eigenvalue weighted by molar-refractivity contribution is 0.151. The summed E-state index contributed by atoms with van der Waals surface area (Å²) in [5, 5.41) is 0. The summed E-state index contributed by atoms with van der Waals surface area (Å²) in [4.78, 5) is -0.155. The summed E-state index contributed by atoms with van der Waals surface area (Å²) in [6, 6.07) is 4.68. The summed E-state index contributed by atoms with van der Waals surface area (Å²) in [6.45, 7) is 0. The number of hydrogen-bond donors (Lipinski definition) is 1. The van der Waals surface area contributed by atoms with Crippen molar-refractivity contribution >= 4 is 10.0 Å². The molecule has 0 atom stereocenters. The molecule has 0 aliphatic carbocycles. The van der Waals surface area contributed by atoms with Crippen molar-refractivity contribution in [3.05, 3.63) is 29.8 Å². The van der Waals surface area contributed by atoms with Gasteiger partial charge in [-0.15, -0.1) is 0 Å². The van der Waals surface area contributed by atoms with Crippen molar-refractivity contribution in [3.63, 3.8) is 0 Å². The van der Waals surface area contributed by atoms with Crippen LogP contribution in [0.2, 0.25) is 0 Å². The van der Waals surface area contributed by atoms with Gasteiger partial charge in [-0.25, -0.2) is 21.9 Å². The average molecular weight is 221 g/mol. The van der Waals surface area contributed by atoms with Crippen LogP contribution in [0.4, 0.5) is 8.78 Å². The lowest BCUT2D eigenvalue weighted by atomic mass is 10.2. The molecule has 0 saturated heterocycles. The van der Waals surface area contributed by atoms with Gasteiger partial charge in [0.05, 0.1) is 4.90 Å². The van der Waals surface area contributed by atoms with Gasteiger partial charge in [-0.2, -0.15) is 0 Å². The first-order chi connectivity index (χ1) is 6.47. The largest absolute Gasteiger partial charge is 0.263 e. The van der Waals surface area contributed by atoms with Crippen LogP contribution in [-0.4, -0.2) is 15.5 Å². The lowest BCUT2D eigenvalue weighted by Gasteiger charge is -2.04. The van der Waals surface area contributed by atoms with Gasteiger partial charge in [0.1, 0.15) is 0 Å². The molecule has 0 spiro atoms. The third kappa shape index (κ3) is 2.27. The zero-order valence-corrected chi connectivity index (χ0v) is 8.18. The fourth-order valence-electron chi connectivity index (χ4n) is 0.935. The highest BCUT2D eigenvalue weighted by Crippen LogP contribution is 2.21. The highest BCUT2D eigenvalue weighted by atomic mass is 32.2. The molecular weight excluding hydrogens is 212 g/mol. The predicted octanol–water partition coefficient (Wildman–Crippen LogP) is 1.53. The first-order valence-corrected chi connectivity index (χ1v) is 5.27. The molecule has 1 rings (SSSR count). The molecule has 0 aromatic heterocycles. The molecule has 0 saturated carbocycles. The fraction of sp³-hybridized carbons (Fsp3) is 0.250. The van der Waals surface area contributed by atoms with Crippen LogP contribution in [0, 0.1) is 0 Å². The molecule has 1 aromatic carbocycles. The number of benzene rings is 1. The van der Waals surface area contributed by atoms with Crippen LogP contribution in [0.1, 0.15) is 12.0 Å². The van der Waals surface area contributed by atoms with Crippen LogP contribution >= 0.6 is 0 Å². The van der Waals surface area contributed by atoms with E-state index in [0.29, 0.717) is 0 Å². The van der Waals surface area contributed by atoms with Crippen LogP contribution in [0.5, 0.6) is 0 Å². The van der Waals surface area contributed by atoms with Crippen molar-refractivity contribution in [1.29, 1.82) is 0 Å². The van der Waals surface area contributed by atoms with Gasteiger partial charge in [-0.05, 0) is 19.2 Å². The Morgan fingerprint density at radius 1 is 1.36 bits per heavy atom. The van der Waals surface area contributed by atoms with Crippen molar-refractivity contribution < 1.29 is 17.2 Å². The molecule has 0 radical (unpaired) electrons. The van der Waals surface area contributed by atoms with Crippen molar-refractivity contribution in [1.82, 2.24) is 4.72 Å². The molecule has 1 N–H and O–H groups in total. The average Bonchev–Trinajstić information content (AvgIpc) is 2.18. The fourth-order valence-corrected chi connectivity index (χ4v) is 1.72. The summed E-state index contributed by atoms with van der Waals surface area (Å²) in [6.07, 6.45) is -2.66. The number of alkyl halides is 2. The molecule has 0 unspecified atom stereocenters. The summed E-state index contributed by atoms with van der Waals surface area (Å²) >= 11 is 0. The minimum Gasteiger partial charge on any atom is -0.214 e. The Morgan fingerprint density at radius 3 is 2.50 bits per heavy atom. The summed E-state index contributed by atoms with van der Waals surface area (Å²) in [5.41, 5.74) is -0.304. The highest BCUT2D eigenvalue weighted by Gasteiger charge is 2.14. The SMILES string of the molecule is CNS(=O)(=O)c1cccc(C(F)F)c1. The second-order valence-electron chi connectivity index (χ2n) is 2.58. The van der Waals surface area contributed by atoms with E-state index >= 15 is 0 Å². The number of halogens is 2. The minimum atomic E-state index is -3.64. The van der Waals surface area contributed by atoms with Gasteiger partial charge < -0.3 is 0 Å². The Bertz CT molecular complexity index is 417. The van der Waals surface area contributed by atoms with Gasteiger partial charge in [0.25, 0.3) is 6.43 Å². The molecular formula is C8H9F2NO2S. The predicted molar refractivity (Wildman–Crippen MR) is 47.6 cm³/mol. The first kappa shape index (κ1) is 11.1. The molecule has 3 nitrogen and oxygen atoms in total. The molecule has 0 bridgehead atoms. The second-order valence-corrected chi connectivity index (χ2v) is 4.47. The number of hydrogen-bond acceptors (Lipinski definition) is 2. The third-order valence-electron chi connectivity index (χ3n) is 1.69. The number of sulfonamides is 1. The number of rotatable bonds is 3. The van der Waals surface area contributed by atoms with Crippen LogP contribution < -0.4 is 4.72 Å². The normalized spacial score (nSPS) is 12.0. The van der Waals surface area contributed by atoms with E-state index in [1.165, 1.54) is 25.2 Å². The Hall–Kier alpha value is -1.01. The van der Waals surface area contributed by atoms with Crippen LogP contribution in [-0.2, 0) is 10.0 Å². The zero-order chi connectivity index (χ0) is 10.8. The third-order valence-corrected chi connectivity index (χ3v) is 3.10. The quantitative estimate of drug-likeness (QED) is 0.841. The molecule has 0 aliphatic heterocycles. The van der Waals surface area contributed by atoms with E-state index in [0.717, 1.165) is 6.07 Å². The van der Waals surface area contributed by atoms with Gasteiger partial charge >= 0.3 is 0 Å².